The van der Waals surface area contributed by atoms with Crippen LogP contribution >= 0.6 is 11.6 Å². The van der Waals surface area contributed by atoms with Gasteiger partial charge in [0.1, 0.15) is 0 Å². The van der Waals surface area contributed by atoms with Gasteiger partial charge in [-0.1, -0.05) is 60.1 Å². The second-order valence-electron chi connectivity index (χ2n) is 5.30. The van der Waals surface area contributed by atoms with Gasteiger partial charge >= 0.3 is 0 Å². The molecule has 3 rings (SSSR count). The van der Waals surface area contributed by atoms with Gasteiger partial charge in [0.05, 0.1) is 12.1 Å². The lowest BCUT2D eigenvalue weighted by atomic mass is 10.1. The van der Waals surface area contributed by atoms with E-state index in [2.05, 4.69) is 0 Å². The second-order valence-corrected chi connectivity index (χ2v) is 5.71. The normalized spacial score (nSPS) is 10.9. The number of benzene rings is 2. The van der Waals surface area contributed by atoms with Crippen molar-refractivity contribution in [2.24, 2.45) is 7.05 Å². The van der Waals surface area contributed by atoms with Crippen molar-refractivity contribution in [3.05, 3.63) is 81.2 Å². The molecule has 0 spiro atoms. The number of rotatable bonds is 3. The van der Waals surface area contributed by atoms with Gasteiger partial charge in [0.2, 0.25) is 0 Å². The lowest BCUT2D eigenvalue weighted by Gasteiger charge is -2.09. The van der Waals surface area contributed by atoms with Crippen molar-refractivity contribution >= 4 is 11.6 Å². The maximum absolute atomic E-state index is 12.8. The summed E-state index contributed by atoms with van der Waals surface area (Å²) in [6, 6.07) is 17.4. The molecular formula is C18H17ClN2O. The van der Waals surface area contributed by atoms with Crippen molar-refractivity contribution in [3.63, 3.8) is 0 Å². The average Bonchev–Trinajstić information content (AvgIpc) is 2.74. The maximum atomic E-state index is 12.8. The van der Waals surface area contributed by atoms with Crippen LogP contribution in [0.2, 0.25) is 5.02 Å². The molecule has 0 fully saturated rings. The van der Waals surface area contributed by atoms with E-state index >= 15 is 0 Å². The summed E-state index contributed by atoms with van der Waals surface area (Å²) < 4.78 is 3.62. The largest absolute Gasteiger partial charge is 0.289 e. The fourth-order valence-electron chi connectivity index (χ4n) is 2.67. The Morgan fingerprint density at radius 2 is 1.64 bits per heavy atom. The highest BCUT2D eigenvalue weighted by Gasteiger charge is 2.16. The monoisotopic (exact) mass is 312 g/mol. The van der Waals surface area contributed by atoms with E-state index in [0.29, 0.717) is 11.6 Å². The molecule has 4 heteroatoms. The SMILES string of the molecule is Cc1c(-c2ccccc2)c(=O)n(Cc2ccccc2Cl)n1C. The van der Waals surface area contributed by atoms with Crippen LogP contribution in [-0.2, 0) is 13.6 Å². The minimum Gasteiger partial charge on any atom is -0.289 e. The Morgan fingerprint density at radius 3 is 2.32 bits per heavy atom. The van der Waals surface area contributed by atoms with Gasteiger partial charge in [0, 0.05) is 17.8 Å². The molecule has 112 valence electrons. The molecular weight excluding hydrogens is 296 g/mol. The van der Waals surface area contributed by atoms with Crippen molar-refractivity contribution in [2.45, 2.75) is 13.5 Å². The first kappa shape index (κ1) is 14.7. The van der Waals surface area contributed by atoms with Gasteiger partial charge in [0.25, 0.3) is 5.56 Å². The quantitative estimate of drug-likeness (QED) is 0.721. The van der Waals surface area contributed by atoms with Crippen molar-refractivity contribution in [1.29, 1.82) is 0 Å². The van der Waals surface area contributed by atoms with E-state index in [9.17, 15) is 4.79 Å². The molecule has 0 aliphatic carbocycles. The number of halogens is 1. The van der Waals surface area contributed by atoms with E-state index < -0.39 is 0 Å². The Balaban J connectivity index is 2.11. The fraction of sp³-hybridized carbons (Fsp3) is 0.167. The van der Waals surface area contributed by atoms with Crippen LogP contribution in [-0.4, -0.2) is 9.36 Å². The highest BCUT2D eigenvalue weighted by atomic mass is 35.5. The van der Waals surface area contributed by atoms with Gasteiger partial charge < -0.3 is 0 Å². The molecule has 0 aliphatic rings. The lowest BCUT2D eigenvalue weighted by Crippen LogP contribution is -2.23. The Bertz CT molecular complexity index is 863. The fourth-order valence-corrected chi connectivity index (χ4v) is 2.86. The van der Waals surface area contributed by atoms with Crippen molar-refractivity contribution in [2.75, 3.05) is 0 Å². The van der Waals surface area contributed by atoms with E-state index in [4.69, 9.17) is 11.6 Å². The summed E-state index contributed by atoms with van der Waals surface area (Å²) in [4.78, 5) is 12.8. The maximum Gasteiger partial charge on any atom is 0.275 e. The number of hydrogen-bond acceptors (Lipinski definition) is 1. The molecule has 0 atom stereocenters. The van der Waals surface area contributed by atoms with Gasteiger partial charge in [-0.25, -0.2) is 4.68 Å². The first-order valence-corrected chi connectivity index (χ1v) is 7.52. The van der Waals surface area contributed by atoms with Crippen LogP contribution < -0.4 is 5.56 Å². The number of nitrogens with zero attached hydrogens (tertiary/aromatic N) is 2. The summed E-state index contributed by atoms with van der Waals surface area (Å²) in [6.45, 7) is 2.43. The van der Waals surface area contributed by atoms with Crippen LogP contribution in [0, 0.1) is 6.92 Å². The molecule has 0 unspecified atom stereocenters. The van der Waals surface area contributed by atoms with E-state index in [1.54, 1.807) is 4.68 Å². The number of hydrogen-bond donors (Lipinski definition) is 0. The molecule has 22 heavy (non-hydrogen) atoms. The summed E-state index contributed by atoms with van der Waals surface area (Å²) in [5.74, 6) is 0. The first-order valence-electron chi connectivity index (χ1n) is 7.15. The predicted octanol–water partition coefficient (Wildman–Crippen LogP) is 3.86. The van der Waals surface area contributed by atoms with Crippen molar-refractivity contribution in [1.82, 2.24) is 9.36 Å². The molecule has 0 N–H and O–H groups in total. The molecule has 0 amide bonds. The highest BCUT2D eigenvalue weighted by Crippen LogP contribution is 2.21. The van der Waals surface area contributed by atoms with E-state index in [1.165, 1.54) is 0 Å². The van der Waals surface area contributed by atoms with E-state index in [1.807, 2.05) is 73.3 Å². The van der Waals surface area contributed by atoms with Crippen LogP contribution in [0.1, 0.15) is 11.3 Å². The third kappa shape index (κ3) is 2.48. The predicted molar refractivity (Wildman–Crippen MR) is 90.4 cm³/mol. The molecule has 3 aromatic rings. The molecule has 0 aliphatic heterocycles. The smallest absolute Gasteiger partial charge is 0.275 e. The van der Waals surface area contributed by atoms with Gasteiger partial charge in [-0.15, -0.1) is 0 Å². The molecule has 1 heterocycles. The third-order valence-corrected chi connectivity index (χ3v) is 4.37. The van der Waals surface area contributed by atoms with Crippen LogP contribution in [0.3, 0.4) is 0 Å². The zero-order valence-corrected chi connectivity index (χ0v) is 13.3. The second kappa shape index (κ2) is 5.85. The third-order valence-electron chi connectivity index (χ3n) is 4.00. The van der Waals surface area contributed by atoms with Crippen LogP contribution in [0.15, 0.2) is 59.4 Å². The van der Waals surface area contributed by atoms with E-state index in [-0.39, 0.29) is 5.56 Å². The summed E-state index contributed by atoms with van der Waals surface area (Å²) in [5, 5.41) is 0.675. The minimum absolute atomic E-state index is 0.00567. The van der Waals surface area contributed by atoms with Crippen LogP contribution in [0.25, 0.3) is 11.1 Å². The standard InChI is InChI=1S/C18H17ClN2O/c1-13-17(14-8-4-3-5-9-14)18(22)21(20(13)2)12-15-10-6-7-11-16(15)19/h3-11H,12H2,1-2H3. The Labute approximate surface area is 134 Å². The van der Waals surface area contributed by atoms with Crippen molar-refractivity contribution in [3.8, 4) is 11.1 Å². The number of aromatic nitrogens is 2. The summed E-state index contributed by atoms with van der Waals surface area (Å²) in [6.07, 6.45) is 0. The zero-order valence-electron chi connectivity index (χ0n) is 12.6. The molecule has 0 saturated carbocycles. The topological polar surface area (TPSA) is 26.9 Å². The highest BCUT2D eigenvalue weighted by molar-refractivity contribution is 6.31. The van der Waals surface area contributed by atoms with Crippen LogP contribution in [0.5, 0.6) is 0 Å². The molecule has 0 radical (unpaired) electrons. The van der Waals surface area contributed by atoms with Gasteiger partial charge in [-0.05, 0) is 24.1 Å². The summed E-state index contributed by atoms with van der Waals surface area (Å²) in [5.41, 5.74) is 3.58. The average molecular weight is 313 g/mol. The van der Waals surface area contributed by atoms with Crippen LogP contribution in [0.4, 0.5) is 0 Å². The molecule has 1 aromatic heterocycles. The molecule has 0 bridgehead atoms. The van der Waals surface area contributed by atoms with Gasteiger partial charge in [-0.3, -0.25) is 9.48 Å². The Hall–Kier alpha value is -2.26. The minimum atomic E-state index is 0.00567. The summed E-state index contributed by atoms with van der Waals surface area (Å²) >= 11 is 6.22. The Morgan fingerprint density at radius 1 is 1.00 bits per heavy atom. The first-order chi connectivity index (χ1) is 10.6. The summed E-state index contributed by atoms with van der Waals surface area (Å²) in [7, 11) is 1.90. The lowest BCUT2D eigenvalue weighted by molar-refractivity contribution is 0.526. The Kier molecular flexibility index (Phi) is 3.90. The molecule has 0 saturated heterocycles. The van der Waals surface area contributed by atoms with Gasteiger partial charge in [0.15, 0.2) is 0 Å². The molecule has 3 nitrogen and oxygen atoms in total. The molecule has 2 aromatic carbocycles. The zero-order chi connectivity index (χ0) is 15.7. The van der Waals surface area contributed by atoms with Gasteiger partial charge in [-0.2, -0.15) is 0 Å². The van der Waals surface area contributed by atoms with Crippen molar-refractivity contribution < 1.29 is 0 Å². The van der Waals surface area contributed by atoms with E-state index in [0.717, 1.165) is 22.4 Å².